The van der Waals surface area contributed by atoms with Gasteiger partial charge in [-0.2, -0.15) is 0 Å². The quantitative estimate of drug-likeness (QED) is 0.764. The average molecular weight is 440 g/mol. The van der Waals surface area contributed by atoms with Gasteiger partial charge in [0.2, 0.25) is 5.91 Å². The largest absolute Gasteiger partial charge is 0.348 e. The maximum absolute atomic E-state index is 13.7. The van der Waals surface area contributed by atoms with E-state index >= 15 is 0 Å². The summed E-state index contributed by atoms with van der Waals surface area (Å²) in [7, 11) is 0. The number of hydroxylamine groups is 2. The SMILES string of the molecule is O=C1NCc2ccc(C[C@H]3CC[C@H](C(=O)N4OCC[C@H]4c4cc(F)cc(F)c4)CC3)cc21. The van der Waals surface area contributed by atoms with E-state index in [4.69, 9.17) is 4.84 Å². The summed E-state index contributed by atoms with van der Waals surface area (Å²) < 4.78 is 27.3. The van der Waals surface area contributed by atoms with E-state index in [2.05, 4.69) is 11.4 Å². The number of hydrogen-bond donors (Lipinski definition) is 1. The molecule has 2 aromatic carbocycles. The lowest BCUT2D eigenvalue weighted by molar-refractivity contribution is -0.183. The Morgan fingerprint density at radius 2 is 1.78 bits per heavy atom. The summed E-state index contributed by atoms with van der Waals surface area (Å²) in [6.07, 6.45) is 4.79. The van der Waals surface area contributed by atoms with Gasteiger partial charge in [0.15, 0.2) is 0 Å². The summed E-state index contributed by atoms with van der Waals surface area (Å²) in [5, 5.41) is 4.19. The second kappa shape index (κ2) is 8.62. The zero-order chi connectivity index (χ0) is 22.2. The van der Waals surface area contributed by atoms with Gasteiger partial charge in [0.05, 0.1) is 12.6 Å². The number of nitrogens with one attached hydrogen (secondary N) is 1. The first-order chi connectivity index (χ1) is 15.5. The third-order valence-corrected chi connectivity index (χ3v) is 6.97. The van der Waals surface area contributed by atoms with Crippen molar-refractivity contribution in [1.82, 2.24) is 10.4 Å². The maximum atomic E-state index is 13.7. The number of carbonyl (C=O) groups excluding carboxylic acids is 2. The van der Waals surface area contributed by atoms with Gasteiger partial charge in [-0.25, -0.2) is 13.8 Å². The summed E-state index contributed by atoms with van der Waals surface area (Å²) in [6, 6.07) is 9.04. The number of carbonyl (C=O) groups is 2. The van der Waals surface area contributed by atoms with Gasteiger partial charge in [0.25, 0.3) is 5.91 Å². The minimum absolute atomic E-state index is 0.00509. The molecule has 0 spiro atoms. The predicted molar refractivity (Wildman–Crippen MR) is 113 cm³/mol. The summed E-state index contributed by atoms with van der Waals surface area (Å²) in [5.74, 6) is -1.07. The molecule has 2 amide bonds. The minimum atomic E-state index is -0.649. The smallest absolute Gasteiger partial charge is 0.251 e. The van der Waals surface area contributed by atoms with Crippen molar-refractivity contribution in [2.45, 2.75) is 51.1 Å². The molecular formula is C25H26F2N2O3. The monoisotopic (exact) mass is 440 g/mol. The fraction of sp³-hybridized carbons (Fsp3) is 0.440. The lowest BCUT2D eigenvalue weighted by Gasteiger charge is -2.32. The molecule has 1 atom stereocenters. The molecule has 1 aliphatic carbocycles. The molecule has 2 aromatic rings. The van der Waals surface area contributed by atoms with Crippen molar-refractivity contribution in [3.8, 4) is 0 Å². The number of benzene rings is 2. The molecule has 0 bridgehead atoms. The van der Waals surface area contributed by atoms with Crippen molar-refractivity contribution in [3.63, 3.8) is 0 Å². The Morgan fingerprint density at radius 3 is 2.53 bits per heavy atom. The molecule has 5 rings (SSSR count). The van der Waals surface area contributed by atoms with Crippen LogP contribution in [-0.2, 0) is 22.6 Å². The highest BCUT2D eigenvalue weighted by Gasteiger charge is 2.37. The van der Waals surface area contributed by atoms with E-state index in [1.807, 2.05) is 12.1 Å². The highest BCUT2D eigenvalue weighted by Crippen LogP contribution is 2.37. The van der Waals surface area contributed by atoms with Gasteiger partial charge in [-0.3, -0.25) is 14.4 Å². The Labute approximate surface area is 185 Å². The fourth-order valence-corrected chi connectivity index (χ4v) is 5.27. The predicted octanol–water partition coefficient (Wildman–Crippen LogP) is 4.46. The zero-order valence-corrected chi connectivity index (χ0v) is 17.8. The van der Waals surface area contributed by atoms with Crippen molar-refractivity contribution in [2.24, 2.45) is 11.8 Å². The number of amides is 2. The van der Waals surface area contributed by atoms with E-state index in [1.54, 1.807) is 0 Å². The number of halogens is 2. The molecule has 1 N–H and O–H groups in total. The molecule has 168 valence electrons. The minimum Gasteiger partial charge on any atom is -0.348 e. The molecule has 1 saturated heterocycles. The van der Waals surface area contributed by atoms with Gasteiger partial charge in [-0.1, -0.05) is 12.1 Å². The summed E-state index contributed by atoms with van der Waals surface area (Å²) in [4.78, 5) is 30.7. The van der Waals surface area contributed by atoms with Gasteiger partial charge >= 0.3 is 0 Å². The Balaban J connectivity index is 1.20. The van der Waals surface area contributed by atoms with Crippen LogP contribution in [-0.4, -0.2) is 23.5 Å². The molecule has 5 nitrogen and oxygen atoms in total. The Hall–Kier alpha value is -2.80. The normalized spacial score (nSPS) is 25.0. The first-order valence-electron chi connectivity index (χ1n) is 11.3. The first kappa shape index (κ1) is 21.1. The van der Waals surface area contributed by atoms with E-state index in [0.29, 0.717) is 31.1 Å². The lowest BCUT2D eigenvalue weighted by Crippen LogP contribution is -2.36. The van der Waals surface area contributed by atoms with Crippen LogP contribution in [0.25, 0.3) is 0 Å². The summed E-state index contributed by atoms with van der Waals surface area (Å²) >= 11 is 0. The molecule has 3 aliphatic rings. The highest BCUT2D eigenvalue weighted by atomic mass is 19.1. The number of nitrogens with zero attached hydrogens (tertiary/aromatic N) is 1. The first-order valence-corrected chi connectivity index (χ1v) is 11.3. The van der Waals surface area contributed by atoms with E-state index in [1.165, 1.54) is 17.2 Å². The molecule has 32 heavy (non-hydrogen) atoms. The van der Waals surface area contributed by atoms with Crippen LogP contribution in [0.1, 0.15) is 65.2 Å². The van der Waals surface area contributed by atoms with Crippen molar-refractivity contribution in [1.29, 1.82) is 0 Å². The van der Waals surface area contributed by atoms with Crippen molar-refractivity contribution in [3.05, 3.63) is 70.3 Å². The number of hydrogen-bond acceptors (Lipinski definition) is 3. The third kappa shape index (κ3) is 4.13. The summed E-state index contributed by atoms with van der Waals surface area (Å²) in [6.45, 7) is 0.958. The Bertz CT molecular complexity index is 1030. The van der Waals surface area contributed by atoms with Crippen LogP contribution in [0.2, 0.25) is 0 Å². The molecule has 7 heteroatoms. The van der Waals surface area contributed by atoms with E-state index in [0.717, 1.165) is 54.9 Å². The molecule has 2 aliphatic heterocycles. The lowest BCUT2D eigenvalue weighted by atomic mass is 9.78. The second-order valence-electron chi connectivity index (χ2n) is 9.10. The molecule has 2 fully saturated rings. The van der Waals surface area contributed by atoms with Crippen LogP contribution in [0.5, 0.6) is 0 Å². The number of fused-ring (bicyclic) bond motifs is 1. The summed E-state index contributed by atoms with van der Waals surface area (Å²) in [5.41, 5.74) is 3.41. The van der Waals surface area contributed by atoms with E-state index in [-0.39, 0.29) is 17.7 Å². The third-order valence-electron chi connectivity index (χ3n) is 6.97. The van der Waals surface area contributed by atoms with Crippen molar-refractivity contribution >= 4 is 11.8 Å². The molecular weight excluding hydrogens is 414 g/mol. The molecule has 0 aromatic heterocycles. The molecule has 1 saturated carbocycles. The molecule has 0 radical (unpaired) electrons. The topological polar surface area (TPSA) is 58.6 Å². The molecule has 0 unspecified atom stereocenters. The van der Waals surface area contributed by atoms with Gasteiger partial charge in [0, 0.05) is 30.5 Å². The average Bonchev–Trinajstić information content (AvgIpc) is 3.41. The van der Waals surface area contributed by atoms with Crippen LogP contribution < -0.4 is 5.32 Å². The fourth-order valence-electron chi connectivity index (χ4n) is 5.27. The van der Waals surface area contributed by atoms with Crippen LogP contribution in [0.4, 0.5) is 8.78 Å². The highest BCUT2D eigenvalue weighted by molar-refractivity contribution is 5.98. The standard InChI is InChI=1S/C25H26F2N2O3/c26-20-11-19(12-21(27)13-20)23-7-8-32-29(23)25(31)17-4-1-15(2-5-17)9-16-3-6-18-14-28-24(30)22(18)10-16/h3,6,10-13,15,17,23H,1-2,4-5,7-9,14H2,(H,28,30)/t15-,17-,23-/m0/s1. The maximum Gasteiger partial charge on any atom is 0.251 e. The zero-order valence-electron chi connectivity index (χ0n) is 17.8. The van der Waals surface area contributed by atoms with Gasteiger partial charge in [-0.05, 0) is 72.9 Å². The van der Waals surface area contributed by atoms with E-state index in [9.17, 15) is 18.4 Å². The van der Waals surface area contributed by atoms with Crippen LogP contribution in [0.3, 0.4) is 0 Å². The molecule has 2 heterocycles. The second-order valence-corrected chi connectivity index (χ2v) is 9.10. The Kier molecular flexibility index (Phi) is 5.67. The van der Waals surface area contributed by atoms with Crippen LogP contribution in [0.15, 0.2) is 36.4 Å². The van der Waals surface area contributed by atoms with Gasteiger partial charge < -0.3 is 5.32 Å². The van der Waals surface area contributed by atoms with Crippen LogP contribution >= 0.6 is 0 Å². The van der Waals surface area contributed by atoms with Crippen molar-refractivity contribution in [2.75, 3.05) is 6.61 Å². The van der Waals surface area contributed by atoms with E-state index < -0.39 is 17.7 Å². The van der Waals surface area contributed by atoms with Crippen molar-refractivity contribution < 1.29 is 23.2 Å². The van der Waals surface area contributed by atoms with Gasteiger partial charge in [-0.15, -0.1) is 0 Å². The number of rotatable bonds is 4. The van der Waals surface area contributed by atoms with Gasteiger partial charge in [0.1, 0.15) is 11.6 Å². The Morgan fingerprint density at radius 1 is 1.03 bits per heavy atom. The van der Waals surface area contributed by atoms with Crippen LogP contribution in [0, 0.1) is 23.5 Å².